The molecule has 1 amide bonds. The van der Waals surface area contributed by atoms with Gasteiger partial charge in [0.2, 0.25) is 15.8 Å². The molecule has 3 rings (SSSR count). The maximum absolute atomic E-state index is 12.4. The highest BCUT2D eigenvalue weighted by Crippen LogP contribution is 2.13. The Morgan fingerprint density at radius 3 is 2.79 bits per heavy atom. The van der Waals surface area contributed by atoms with Crippen LogP contribution in [0.25, 0.3) is 5.78 Å². The topological polar surface area (TPSA) is 110 Å². The van der Waals surface area contributed by atoms with Crippen molar-refractivity contribution < 1.29 is 13.2 Å². The molecule has 0 aromatic carbocycles. The zero-order valence-electron chi connectivity index (χ0n) is 13.9. The lowest BCUT2D eigenvalue weighted by Gasteiger charge is -2.31. The van der Waals surface area contributed by atoms with Crippen LogP contribution >= 0.6 is 0 Å². The second-order valence-electron chi connectivity index (χ2n) is 6.12. The van der Waals surface area contributed by atoms with Gasteiger partial charge in [-0.1, -0.05) is 0 Å². The Hall–Kier alpha value is -2.07. The number of piperidine rings is 1. The molecule has 1 atom stereocenters. The van der Waals surface area contributed by atoms with Crippen molar-refractivity contribution in [3.05, 3.63) is 23.3 Å². The normalized spacial score (nSPS) is 19.5. The number of hydrogen-bond donors (Lipinski definition) is 1. The van der Waals surface area contributed by atoms with Crippen LogP contribution in [0.15, 0.2) is 6.07 Å². The zero-order chi connectivity index (χ0) is 17.5. The van der Waals surface area contributed by atoms with E-state index in [0.29, 0.717) is 18.7 Å². The minimum absolute atomic E-state index is 0.0349. The van der Waals surface area contributed by atoms with Crippen LogP contribution in [0.5, 0.6) is 0 Å². The van der Waals surface area contributed by atoms with Gasteiger partial charge in [0.25, 0.3) is 11.7 Å². The first-order chi connectivity index (χ1) is 11.2. The Morgan fingerprint density at radius 2 is 2.08 bits per heavy atom. The Labute approximate surface area is 140 Å². The van der Waals surface area contributed by atoms with Crippen molar-refractivity contribution in [3.63, 3.8) is 0 Å². The Morgan fingerprint density at radius 1 is 1.33 bits per heavy atom. The second-order valence-corrected chi connectivity index (χ2v) is 8.10. The first kappa shape index (κ1) is 16.8. The maximum Gasteiger partial charge on any atom is 0.291 e. The third-order valence-electron chi connectivity index (χ3n) is 4.01. The Balaban J connectivity index is 1.76. The molecule has 130 valence electrons. The molecule has 2 aromatic rings. The predicted molar refractivity (Wildman–Crippen MR) is 87.2 cm³/mol. The Kier molecular flexibility index (Phi) is 4.26. The van der Waals surface area contributed by atoms with Gasteiger partial charge < -0.3 is 5.32 Å². The van der Waals surface area contributed by atoms with Crippen LogP contribution in [0.1, 0.15) is 34.8 Å². The van der Waals surface area contributed by atoms with Crippen molar-refractivity contribution in [1.82, 2.24) is 29.2 Å². The number of amides is 1. The molecule has 1 aliphatic rings. The van der Waals surface area contributed by atoms with E-state index in [1.807, 2.05) is 19.9 Å². The average Bonchev–Trinajstić information content (AvgIpc) is 2.91. The van der Waals surface area contributed by atoms with Crippen LogP contribution in [-0.2, 0) is 10.0 Å². The molecular formula is C14H20N6O3S. The third-order valence-corrected chi connectivity index (χ3v) is 5.28. The highest BCUT2D eigenvalue weighted by atomic mass is 32.2. The van der Waals surface area contributed by atoms with Gasteiger partial charge in [-0.05, 0) is 32.8 Å². The summed E-state index contributed by atoms with van der Waals surface area (Å²) in [7, 11) is -3.25. The average molecular weight is 352 g/mol. The van der Waals surface area contributed by atoms with Gasteiger partial charge >= 0.3 is 0 Å². The van der Waals surface area contributed by atoms with Crippen LogP contribution in [0.4, 0.5) is 0 Å². The van der Waals surface area contributed by atoms with E-state index in [4.69, 9.17) is 0 Å². The molecular weight excluding hydrogens is 332 g/mol. The van der Waals surface area contributed by atoms with Crippen molar-refractivity contribution >= 4 is 21.7 Å². The number of rotatable bonds is 3. The number of sulfonamides is 1. The minimum Gasteiger partial charge on any atom is -0.345 e. The first-order valence-corrected chi connectivity index (χ1v) is 9.56. The van der Waals surface area contributed by atoms with E-state index in [0.717, 1.165) is 17.8 Å². The summed E-state index contributed by atoms with van der Waals surface area (Å²) in [6, 6.07) is 1.61. The van der Waals surface area contributed by atoms with E-state index in [1.54, 1.807) is 0 Å². The van der Waals surface area contributed by atoms with E-state index in [2.05, 4.69) is 20.4 Å². The summed E-state index contributed by atoms with van der Waals surface area (Å²) in [5, 5.41) is 7.01. The predicted octanol–water partition coefficient (Wildman–Crippen LogP) is -0.105. The van der Waals surface area contributed by atoms with E-state index in [1.165, 1.54) is 15.1 Å². The highest BCUT2D eigenvalue weighted by molar-refractivity contribution is 7.88. The number of fused-ring (bicyclic) bond motifs is 1. The number of hydrogen-bond acceptors (Lipinski definition) is 6. The molecule has 10 heteroatoms. The van der Waals surface area contributed by atoms with Gasteiger partial charge in [-0.2, -0.15) is 4.98 Å². The number of nitrogens with one attached hydrogen (secondary N) is 1. The summed E-state index contributed by atoms with van der Waals surface area (Å²) in [4.78, 5) is 20.8. The van der Waals surface area contributed by atoms with Gasteiger partial charge in [0.05, 0.1) is 6.26 Å². The van der Waals surface area contributed by atoms with Gasteiger partial charge in [0.15, 0.2) is 0 Å². The SMILES string of the molecule is Cc1cc(C)n2nc(C(=O)NC3CCCN(S(C)(=O)=O)C3)nc2n1. The van der Waals surface area contributed by atoms with Gasteiger partial charge in [0, 0.05) is 30.5 Å². The molecule has 1 saturated heterocycles. The fourth-order valence-electron chi connectivity index (χ4n) is 2.87. The van der Waals surface area contributed by atoms with E-state index < -0.39 is 15.9 Å². The minimum atomic E-state index is -3.25. The van der Waals surface area contributed by atoms with Crippen LogP contribution in [0.3, 0.4) is 0 Å². The highest BCUT2D eigenvalue weighted by Gasteiger charge is 2.28. The van der Waals surface area contributed by atoms with Gasteiger partial charge in [0.1, 0.15) is 0 Å². The molecule has 2 aromatic heterocycles. The third kappa shape index (κ3) is 3.39. The van der Waals surface area contributed by atoms with E-state index in [9.17, 15) is 13.2 Å². The molecule has 1 unspecified atom stereocenters. The largest absolute Gasteiger partial charge is 0.345 e. The maximum atomic E-state index is 12.4. The summed E-state index contributed by atoms with van der Waals surface area (Å²) in [6.07, 6.45) is 2.61. The summed E-state index contributed by atoms with van der Waals surface area (Å²) in [5.41, 5.74) is 1.64. The molecule has 24 heavy (non-hydrogen) atoms. The molecule has 0 saturated carbocycles. The first-order valence-electron chi connectivity index (χ1n) is 7.71. The van der Waals surface area contributed by atoms with Crippen LogP contribution in [0.2, 0.25) is 0 Å². The van der Waals surface area contributed by atoms with Gasteiger partial charge in [-0.25, -0.2) is 22.2 Å². The molecule has 0 radical (unpaired) electrons. The number of carbonyl (C=O) groups excluding carboxylic acids is 1. The number of nitrogens with zero attached hydrogens (tertiary/aromatic N) is 5. The smallest absolute Gasteiger partial charge is 0.291 e. The van der Waals surface area contributed by atoms with Gasteiger partial charge in [-0.3, -0.25) is 4.79 Å². The molecule has 0 aliphatic carbocycles. The van der Waals surface area contributed by atoms with E-state index >= 15 is 0 Å². The van der Waals surface area contributed by atoms with Crippen molar-refractivity contribution in [1.29, 1.82) is 0 Å². The molecule has 0 bridgehead atoms. The van der Waals surface area contributed by atoms with Gasteiger partial charge in [-0.15, -0.1) is 5.10 Å². The fraction of sp³-hybridized carbons (Fsp3) is 0.571. The van der Waals surface area contributed by atoms with Crippen molar-refractivity contribution in [3.8, 4) is 0 Å². The number of aromatic nitrogens is 4. The van der Waals surface area contributed by atoms with Crippen molar-refractivity contribution in [2.45, 2.75) is 32.7 Å². The summed E-state index contributed by atoms with van der Waals surface area (Å²) >= 11 is 0. The Bertz CT molecular complexity index is 891. The number of aryl methyl sites for hydroxylation is 2. The standard InChI is InChI=1S/C14H20N6O3S/c1-9-7-10(2)20-14(15-9)17-12(18-20)13(21)16-11-5-4-6-19(8-11)24(3,22)23/h7,11H,4-6,8H2,1-3H3,(H,16,21). The van der Waals surface area contributed by atoms with Crippen LogP contribution < -0.4 is 5.32 Å². The molecule has 9 nitrogen and oxygen atoms in total. The lowest BCUT2D eigenvalue weighted by Crippen LogP contribution is -2.49. The molecule has 0 spiro atoms. The lowest BCUT2D eigenvalue weighted by atomic mass is 10.1. The lowest BCUT2D eigenvalue weighted by molar-refractivity contribution is 0.0911. The fourth-order valence-corrected chi connectivity index (χ4v) is 3.79. The van der Waals surface area contributed by atoms with Crippen LogP contribution in [0, 0.1) is 13.8 Å². The van der Waals surface area contributed by atoms with E-state index in [-0.39, 0.29) is 18.4 Å². The van der Waals surface area contributed by atoms with Crippen LogP contribution in [-0.4, -0.2) is 63.6 Å². The number of carbonyl (C=O) groups is 1. The molecule has 1 aliphatic heterocycles. The molecule has 1 N–H and O–H groups in total. The zero-order valence-corrected chi connectivity index (χ0v) is 14.7. The summed E-state index contributed by atoms with van der Waals surface area (Å²) < 4.78 is 26.2. The molecule has 1 fully saturated rings. The summed E-state index contributed by atoms with van der Waals surface area (Å²) in [6.45, 7) is 4.47. The summed E-state index contributed by atoms with van der Waals surface area (Å²) in [5.74, 6) is -0.00959. The van der Waals surface area contributed by atoms with Crippen molar-refractivity contribution in [2.24, 2.45) is 0 Å². The molecule has 3 heterocycles. The van der Waals surface area contributed by atoms with Crippen molar-refractivity contribution in [2.75, 3.05) is 19.3 Å². The second kappa shape index (κ2) is 6.10. The monoisotopic (exact) mass is 352 g/mol. The quantitative estimate of drug-likeness (QED) is 0.826.